The van der Waals surface area contributed by atoms with E-state index < -0.39 is 6.04 Å². The number of benzene rings is 2. The summed E-state index contributed by atoms with van der Waals surface area (Å²) in [6.45, 7) is 0.247. The molecule has 2 N–H and O–H groups in total. The number of carbonyl (C=O) groups excluding carboxylic acids is 1. The highest BCUT2D eigenvalue weighted by Crippen LogP contribution is 2.44. The number of fused-ring (bicyclic) bond motifs is 1. The molecule has 29 heavy (non-hydrogen) atoms. The zero-order chi connectivity index (χ0) is 20.0. The second kappa shape index (κ2) is 6.63. The monoisotopic (exact) mass is 389 g/mol. The lowest BCUT2D eigenvalue weighted by molar-refractivity contribution is 0.0717. The number of nitrogens with one attached hydrogen (secondary N) is 1. The van der Waals surface area contributed by atoms with Gasteiger partial charge in [-0.05, 0) is 42.0 Å². The number of rotatable bonds is 4. The smallest absolute Gasteiger partial charge is 0.273 e. The van der Waals surface area contributed by atoms with Gasteiger partial charge in [0.25, 0.3) is 5.91 Å². The van der Waals surface area contributed by atoms with Gasteiger partial charge in [0.2, 0.25) is 0 Å². The van der Waals surface area contributed by atoms with E-state index in [0.29, 0.717) is 28.3 Å². The molecule has 0 saturated heterocycles. The van der Waals surface area contributed by atoms with E-state index in [9.17, 15) is 14.3 Å². The van der Waals surface area contributed by atoms with Crippen LogP contribution in [0, 0.1) is 5.82 Å². The van der Waals surface area contributed by atoms with E-state index >= 15 is 0 Å². The summed E-state index contributed by atoms with van der Waals surface area (Å²) in [6.07, 6.45) is 1.55. The van der Waals surface area contributed by atoms with Crippen molar-refractivity contribution < 1.29 is 18.7 Å². The highest BCUT2D eigenvalue weighted by atomic mass is 19.1. The zero-order valence-corrected chi connectivity index (χ0v) is 15.2. The number of nitrogens with zero attached hydrogens (tertiary/aromatic N) is 2. The van der Waals surface area contributed by atoms with Crippen LogP contribution in [0.3, 0.4) is 0 Å². The number of hydrogen-bond acceptors (Lipinski definition) is 4. The largest absolute Gasteiger partial charge is 0.507 e. The Morgan fingerprint density at radius 3 is 2.62 bits per heavy atom. The molecule has 3 heterocycles. The van der Waals surface area contributed by atoms with Gasteiger partial charge in [0.1, 0.15) is 28.7 Å². The molecule has 0 fully saturated rings. The number of para-hydroxylation sites is 1. The van der Waals surface area contributed by atoms with Gasteiger partial charge in [0, 0.05) is 11.1 Å². The number of H-pyrrole nitrogens is 1. The fourth-order valence-corrected chi connectivity index (χ4v) is 3.80. The molecule has 0 aliphatic carbocycles. The van der Waals surface area contributed by atoms with E-state index in [1.165, 1.54) is 12.1 Å². The lowest BCUT2D eigenvalue weighted by Gasteiger charge is -2.25. The second-order valence-electron chi connectivity index (χ2n) is 6.84. The molecule has 0 saturated carbocycles. The summed E-state index contributed by atoms with van der Waals surface area (Å²) in [4.78, 5) is 14.8. The first-order chi connectivity index (χ1) is 14.1. The Balaban J connectivity index is 1.68. The Morgan fingerprint density at radius 1 is 1.10 bits per heavy atom. The number of aromatic hydroxyl groups is 1. The van der Waals surface area contributed by atoms with Gasteiger partial charge in [-0.15, -0.1) is 0 Å². The van der Waals surface area contributed by atoms with Gasteiger partial charge in [-0.1, -0.05) is 24.3 Å². The van der Waals surface area contributed by atoms with Crippen molar-refractivity contribution in [1.29, 1.82) is 0 Å². The fourth-order valence-electron chi connectivity index (χ4n) is 3.80. The summed E-state index contributed by atoms with van der Waals surface area (Å²) in [5.74, 6) is 0.105. The van der Waals surface area contributed by atoms with Gasteiger partial charge in [-0.3, -0.25) is 9.89 Å². The van der Waals surface area contributed by atoms with E-state index in [2.05, 4.69) is 10.2 Å². The van der Waals surface area contributed by atoms with Gasteiger partial charge in [0.15, 0.2) is 0 Å². The highest BCUT2D eigenvalue weighted by molar-refractivity contribution is 6.00. The molecule has 0 unspecified atom stereocenters. The van der Waals surface area contributed by atoms with Crippen LogP contribution in [0.2, 0.25) is 0 Å². The van der Waals surface area contributed by atoms with E-state index in [-0.39, 0.29) is 24.0 Å². The first kappa shape index (κ1) is 17.2. The van der Waals surface area contributed by atoms with Gasteiger partial charge < -0.3 is 14.4 Å². The standard InChI is InChI=1S/C22H16FN3O3/c23-14-9-7-13(8-10-14)21-18-19(16-5-1-2-6-17(16)27)24-25-20(18)22(28)26(21)12-15-4-3-11-29-15/h1-11,21,27H,12H2,(H,24,25)/t21-/m1/s1. The molecule has 2 aromatic heterocycles. The maximum absolute atomic E-state index is 13.5. The Kier molecular flexibility index (Phi) is 3.94. The minimum atomic E-state index is -0.503. The molecule has 0 radical (unpaired) electrons. The third-order valence-corrected chi connectivity index (χ3v) is 5.11. The Hall–Kier alpha value is -3.87. The van der Waals surface area contributed by atoms with Crippen LogP contribution in [0.4, 0.5) is 4.39 Å². The van der Waals surface area contributed by atoms with Gasteiger partial charge in [0.05, 0.1) is 18.8 Å². The van der Waals surface area contributed by atoms with Crippen molar-refractivity contribution in [2.45, 2.75) is 12.6 Å². The predicted octanol–water partition coefficient (Wildman–Crippen LogP) is 4.26. The lowest BCUT2D eigenvalue weighted by Crippen LogP contribution is -2.29. The SMILES string of the molecule is O=C1c2[nH]nc(-c3ccccc3O)c2[C@@H](c2ccc(F)cc2)N1Cc1ccco1. The lowest BCUT2D eigenvalue weighted by atomic mass is 9.95. The molecule has 2 aromatic carbocycles. The zero-order valence-electron chi connectivity index (χ0n) is 15.2. The highest BCUT2D eigenvalue weighted by Gasteiger charge is 2.42. The van der Waals surface area contributed by atoms with Crippen LogP contribution in [0.15, 0.2) is 71.3 Å². The number of furan rings is 1. The van der Waals surface area contributed by atoms with Crippen LogP contribution in [0.25, 0.3) is 11.3 Å². The molecule has 7 heteroatoms. The van der Waals surface area contributed by atoms with E-state index in [0.717, 1.165) is 5.56 Å². The first-order valence-corrected chi connectivity index (χ1v) is 9.09. The van der Waals surface area contributed by atoms with Crippen molar-refractivity contribution in [2.75, 3.05) is 0 Å². The van der Waals surface area contributed by atoms with Crippen molar-refractivity contribution in [1.82, 2.24) is 15.1 Å². The maximum Gasteiger partial charge on any atom is 0.273 e. The summed E-state index contributed by atoms with van der Waals surface area (Å²) >= 11 is 0. The molecule has 1 aliphatic rings. The quantitative estimate of drug-likeness (QED) is 0.546. The van der Waals surface area contributed by atoms with E-state index in [1.54, 1.807) is 59.7 Å². The first-order valence-electron chi connectivity index (χ1n) is 9.09. The number of carbonyl (C=O) groups is 1. The van der Waals surface area contributed by atoms with Crippen LogP contribution < -0.4 is 0 Å². The van der Waals surface area contributed by atoms with Crippen LogP contribution >= 0.6 is 0 Å². The van der Waals surface area contributed by atoms with Gasteiger partial charge >= 0.3 is 0 Å². The number of amides is 1. The molecule has 144 valence electrons. The van der Waals surface area contributed by atoms with Crippen molar-refractivity contribution in [3.63, 3.8) is 0 Å². The molecule has 6 nitrogen and oxygen atoms in total. The van der Waals surface area contributed by atoms with Crippen LogP contribution in [0.1, 0.15) is 33.4 Å². The fraction of sp³-hybridized carbons (Fsp3) is 0.0909. The Labute approximate surface area is 165 Å². The number of phenols is 1. The van der Waals surface area contributed by atoms with Crippen LogP contribution in [-0.2, 0) is 6.54 Å². The molecule has 1 amide bonds. The number of hydrogen-bond donors (Lipinski definition) is 2. The minimum Gasteiger partial charge on any atom is -0.507 e. The molecule has 1 atom stereocenters. The van der Waals surface area contributed by atoms with Crippen LogP contribution in [-0.4, -0.2) is 26.1 Å². The molecule has 5 rings (SSSR count). The maximum atomic E-state index is 13.5. The number of halogens is 1. The number of phenolic OH excluding ortho intramolecular Hbond substituents is 1. The summed E-state index contributed by atoms with van der Waals surface area (Å²) in [6, 6.07) is 15.9. The average Bonchev–Trinajstić information content (AvgIpc) is 3.44. The van der Waals surface area contributed by atoms with Crippen molar-refractivity contribution in [3.05, 3.63) is 95.3 Å². The third-order valence-electron chi connectivity index (χ3n) is 5.11. The molecule has 1 aliphatic heterocycles. The Bertz CT molecular complexity index is 1180. The molecule has 4 aromatic rings. The third kappa shape index (κ3) is 2.79. The van der Waals surface area contributed by atoms with Crippen molar-refractivity contribution >= 4 is 5.91 Å². The summed E-state index contributed by atoms with van der Waals surface area (Å²) in [7, 11) is 0. The van der Waals surface area contributed by atoms with Gasteiger partial charge in [-0.2, -0.15) is 5.10 Å². The van der Waals surface area contributed by atoms with Crippen molar-refractivity contribution in [2.24, 2.45) is 0 Å². The predicted molar refractivity (Wildman–Crippen MR) is 103 cm³/mol. The molecular weight excluding hydrogens is 373 g/mol. The number of aromatic amines is 1. The van der Waals surface area contributed by atoms with E-state index in [4.69, 9.17) is 4.42 Å². The number of aromatic nitrogens is 2. The normalized spacial score (nSPS) is 15.7. The second-order valence-corrected chi connectivity index (χ2v) is 6.84. The van der Waals surface area contributed by atoms with Crippen LogP contribution in [0.5, 0.6) is 5.75 Å². The summed E-state index contributed by atoms with van der Waals surface area (Å²) in [5, 5.41) is 17.5. The molecule has 0 bridgehead atoms. The Morgan fingerprint density at radius 2 is 1.90 bits per heavy atom. The van der Waals surface area contributed by atoms with Crippen molar-refractivity contribution in [3.8, 4) is 17.0 Å². The molecular formula is C22H16FN3O3. The minimum absolute atomic E-state index is 0.0663. The molecule has 0 spiro atoms. The topological polar surface area (TPSA) is 82.4 Å². The summed E-state index contributed by atoms with van der Waals surface area (Å²) in [5.41, 5.74) is 2.74. The average molecular weight is 389 g/mol. The summed E-state index contributed by atoms with van der Waals surface area (Å²) < 4.78 is 19.0. The van der Waals surface area contributed by atoms with E-state index in [1.807, 2.05) is 0 Å². The van der Waals surface area contributed by atoms with Gasteiger partial charge in [-0.25, -0.2) is 4.39 Å².